The Balaban J connectivity index is 0.00000122. The summed E-state index contributed by atoms with van der Waals surface area (Å²) in [6.07, 6.45) is 2.79. The molecule has 0 aliphatic carbocycles. The Morgan fingerprint density at radius 1 is 1.27 bits per heavy atom. The number of pyridine rings is 1. The third-order valence-corrected chi connectivity index (χ3v) is 6.40. The summed E-state index contributed by atoms with van der Waals surface area (Å²) in [5.74, 6) is -0.0392. The zero-order valence-electron chi connectivity index (χ0n) is 20.6. The van der Waals surface area contributed by atoms with Gasteiger partial charge >= 0.3 is 6.18 Å². The molecule has 8 heteroatoms. The molecule has 188 valence electrons. The summed E-state index contributed by atoms with van der Waals surface area (Å²) < 4.78 is 44.4. The highest BCUT2D eigenvalue weighted by atomic mass is 19.4. The van der Waals surface area contributed by atoms with Gasteiger partial charge in [-0.2, -0.15) is 13.2 Å². The van der Waals surface area contributed by atoms with Crippen LogP contribution in [0.25, 0.3) is 0 Å². The van der Waals surface area contributed by atoms with Crippen LogP contribution in [0.1, 0.15) is 76.1 Å². The first-order valence-electron chi connectivity index (χ1n) is 12.3. The largest absolute Gasteiger partial charge is 0.417 e. The van der Waals surface area contributed by atoms with Gasteiger partial charge in [-0.25, -0.2) is 0 Å². The van der Waals surface area contributed by atoms with Gasteiger partial charge in [0.25, 0.3) is 0 Å². The molecule has 2 aliphatic heterocycles. The zero-order chi connectivity index (χ0) is 24.4. The first-order valence-corrected chi connectivity index (χ1v) is 12.3. The van der Waals surface area contributed by atoms with Crippen molar-refractivity contribution in [2.75, 3.05) is 33.4 Å². The normalized spacial score (nSPS) is 17.9. The van der Waals surface area contributed by atoms with Gasteiger partial charge in [-0.15, -0.1) is 0 Å². The maximum Gasteiger partial charge on any atom is 0.417 e. The minimum atomic E-state index is -4.42. The Morgan fingerprint density at radius 2 is 1.94 bits per heavy atom. The number of hydrogen-bond acceptors (Lipinski definition) is 4. The highest BCUT2D eigenvalue weighted by molar-refractivity contribution is 5.79. The van der Waals surface area contributed by atoms with Crippen LogP contribution in [0.3, 0.4) is 0 Å². The zero-order valence-corrected chi connectivity index (χ0v) is 20.6. The van der Waals surface area contributed by atoms with Crippen molar-refractivity contribution in [3.8, 4) is 0 Å². The van der Waals surface area contributed by atoms with E-state index in [0.29, 0.717) is 30.3 Å². The van der Waals surface area contributed by atoms with E-state index in [1.165, 1.54) is 6.42 Å². The van der Waals surface area contributed by atoms with Crippen molar-refractivity contribution in [3.63, 3.8) is 0 Å². The number of nitrogens with zero attached hydrogens (tertiary/aromatic N) is 3. The van der Waals surface area contributed by atoms with E-state index in [4.69, 9.17) is 4.74 Å². The molecule has 33 heavy (non-hydrogen) atoms. The molecule has 1 atom stereocenters. The molecular weight excluding hydrogens is 431 g/mol. The summed E-state index contributed by atoms with van der Waals surface area (Å²) in [6, 6.07) is 1.69. The second-order valence-corrected chi connectivity index (χ2v) is 9.12. The van der Waals surface area contributed by atoms with E-state index in [1.54, 1.807) is 4.90 Å². The third-order valence-electron chi connectivity index (χ3n) is 6.40. The maximum absolute atomic E-state index is 13.1. The fraction of sp³-hybridized carbons (Fsp3) is 0.760. The smallest absolute Gasteiger partial charge is 0.381 e. The van der Waals surface area contributed by atoms with Crippen LogP contribution in [0.15, 0.2) is 12.3 Å². The lowest BCUT2D eigenvalue weighted by Crippen LogP contribution is -2.40. The Kier molecular flexibility index (Phi) is 11.1. The van der Waals surface area contributed by atoms with Gasteiger partial charge in [-0.1, -0.05) is 27.2 Å². The van der Waals surface area contributed by atoms with Crippen molar-refractivity contribution >= 4 is 5.91 Å². The minimum absolute atomic E-state index is 0.0503. The Bertz CT molecular complexity index is 736. The van der Waals surface area contributed by atoms with Crippen molar-refractivity contribution in [1.29, 1.82) is 0 Å². The molecule has 0 aromatic carbocycles. The van der Waals surface area contributed by atoms with E-state index >= 15 is 0 Å². The molecule has 0 radical (unpaired) electrons. The SMILES string of the molecule is CCC.CC[C@H](CCCN(C)C1CCOCC1)C(=O)N1CCc2ncc(C(F)(F)F)cc2C1. The van der Waals surface area contributed by atoms with Gasteiger partial charge in [0.15, 0.2) is 0 Å². The van der Waals surface area contributed by atoms with Crippen molar-refractivity contribution in [2.45, 2.75) is 84.5 Å². The molecule has 0 saturated carbocycles. The summed E-state index contributed by atoms with van der Waals surface area (Å²) in [4.78, 5) is 21.1. The lowest BCUT2D eigenvalue weighted by Gasteiger charge is -2.33. The second kappa shape index (κ2) is 13.3. The standard InChI is InChI=1S/C22H32F3N3O2.C3H8/c1-3-16(5-4-9-27(2)19-7-11-30-12-8-19)21(29)28-10-6-20-17(15-28)13-18(14-26-20)22(23,24)25;1-3-2/h13-14,16,19H,3-12,15H2,1-2H3;3H2,1-2H3/t16-;/m1./s1. The van der Waals surface area contributed by atoms with E-state index in [1.807, 2.05) is 6.92 Å². The molecule has 1 saturated heterocycles. The van der Waals surface area contributed by atoms with Crippen molar-refractivity contribution in [3.05, 3.63) is 29.1 Å². The fourth-order valence-corrected chi connectivity index (χ4v) is 4.43. The summed E-state index contributed by atoms with van der Waals surface area (Å²) in [5.41, 5.74) is 0.426. The van der Waals surface area contributed by atoms with E-state index in [-0.39, 0.29) is 18.4 Å². The average molecular weight is 472 g/mol. The summed E-state index contributed by atoms with van der Waals surface area (Å²) in [6.45, 7) is 9.55. The first-order chi connectivity index (χ1) is 15.7. The van der Waals surface area contributed by atoms with Crippen molar-refractivity contribution in [2.24, 2.45) is 5.92 Å². The van der Waals surface area contributed by atoms with Gasteiger partial charge in [-0.3, -0.25) is 9.78 Å². The molecule has 1 fully saturated rings. The topological polar surface area (TPSA) is 45.7 Å². The summed E-state index contributed by atoms with van der Waals surface area (Å²) in [7, 11) is 2.13. The number of fused-ring (bicyclic) bond motifs is 1. The lowest BCUT2D eigenvalue weighted by atomic mass is 9.95. The molecule has 1 aromatic rings. The highest BCUT2D eigenvalue weighted by Crippen LogP contribution is 2.31. The Labute approximate surface area is 196 Å². The predicted molar refractivity (Wildman–Crippen MR) is 124 cm³/mol. The molecule has 2 aliphatic rings. The van der Waals surface area contributed by atoms with E-state index in [9.17, 15) is 18.0 Å². The second-order valence-electron chi connectivity index (χ2n) is 9.12. The Hall–Kier alpha value is -1.67. The monoisotopic (exact) mass is 471 g/mol. The molecule has 3 rings (SSSR count). The van der Waals surface area contributed by atoms with E-state index in [2.05, 4.69) is 30.8 Å². The van der Waals surface area contributed by atoms with Crippen LogP contribution >= 0.6 is 0 Å². The van der Waals surface area contributed by atoms with Crippen molar-refractivity contribution < 1.29 is 22.7 Å². The third kappa shape index (κ3) is 8.25. The van der Waals surface area contributed by atoms with Crippen LogP contribution in [0.2, 0.25) is 0 Å². The number of hydrogen-bond donors (Lipinski definition) is 0. The average Bonchev–Trinajstić information content (AvgIpc) is 2.81. The number of amides is 1. The molecule has 5 nitrogen and oxygen atoms in total. The molecule has 3 heterocycles. The van der Waals surface area contributed by atoms with E-state index < -0.39 is 11.7 Å². The molecule has 0 bridgehead atoms. The molecule has 1 aromatic heterocycles. The molecule has 0 N–H and O–H groups in total. The summed E-state index contributed by atoms with van der Waals surface area (Å²) in [5, 5.41) is 0. The van der Waals surface area contributed by atoms with Gasteiger partial charge in [0, 0.05) is 56.6 Å². The quantitative estimate of drug-likeness (QED) is 0.540. The van der Waals surface area contributed by atoms with Crippen LogP contribution in [0.4, 0.5) is 13.2 Å². The van der Waals surface area contributed by atoms with Crippen LogP contribution in [-0.4, -0.2) is 60.1 Å². The van der Waals surface area contributed by atoms with Crippen LogP contribution in [0, 0.1) is 5.92 Å². The van der Waals surface area contributed by atoms with Crippen molar-refractivity contribution in [1.82, 2.24) is 14.8 Å². The molecule has 0 spiro atoms. The minimum Gasteiger partial charge on any atom is -0.381 e. The predicted octanol–water partition coefficient (Wildman–Crippen LogP) is 5.32. The number of ether oxygens (including phenoxy) is 1. The highest BCUT2D eigenvalue weighted by Gasteiger charge is 2.33. The molecule has 1 amide bonds. The van der Waals surface area contributed by atoms with Crippen LogP contribution in [0.5, 0.6) is 0 Å². The molecular formula is C25H40F3N3O2. The van der Waals surface area contributed by atoms with E-state index in [0.717, 1.165) is 64.1 Å². The van der Waals surface area contributed by atoms with Gasteiger partial charge in [0.1, 0.15) is 0 Å². The number of aromatic nitrogens is 1. The van der Waals surface area contributed by atoms with Gasteiger partial charge in [-0.05, 0) is 57.3 Å². The van der Waals surface area contributed by atoms with Gasteiger partial charge in [0.2, 0.25) is 5.91 Å². The summed E-state index contributed by atoms with van der Waals surface area (Å²) >= 11 is 0. The Morgan fingerprint density at radius 3 is 2.55 bits per heavy atom. The number of rotatable bonds is 7. The number of alkyl halides is 3. The molecule has 0 unspecified atom stereocenters. The van der Waals surface area contributed by atoms with Gasteiger partial charge in [0.05, 0.1) is 5.56 Å². The number of carbonyl (C=O) groups excluding carboxylic acids is 1. The number of carbonyl (C=O) groups is 1. The van der Waals surface area contributed by atoms with Gasteiger partial charge < -0.3 is 14.5 Å². The fourth-order valence-electron chi connectivity index (χ4n) is 4.43. The van der Waals surface area contributed by atoms with Crippen LogP contribution < -0.4 is 0 Å². The van der Waals surface area contributed by atoms with Crippen LogP contribution in [-0.2, 0) is 28.7 Å². The first kappa shape index (κ1) is 27.6. The number of halogens is 3. The lowest BCUT2D eigenvalue weighted by molar-refractivity contribution is -0.138. The maximum atomic E-state index is 13.1.